The molecule has 2 heterocycles. The van der Waals surface area contributed by atoms with Gasteiger partial charge in [0, 0.05) is 0 Å². The Morgan fingerprint density at radius 1 is 0.686 bits per heavy atom. The Morgan fingerprint density at radius 2 is 1.26 bits per heavy atom. The smallest absolute Gasteiger partial charge is 0.309 e. The number of hydrogen-bond acceptors (Lipinski definition) is 9. The van der Waals surface area contributed by atoms with Gasteiger partial charge in [-0.1, -0.05) is 71.6 Å². The number of rotatable bonds is 12. The van der Waals surface area contributed by atoms with Crippen LogP contribution in [0.5, 0.6) is 0 Å². The molecular formula is C26H46O9. The first-order valence-electron chi connectivity index (χ1n) is 13.6. The zero-order valence-electron chi connectivity index (χ0n) is 21.4. The molecule has 2 aliphatic heterocycles. The van der Waals surface area contributed by atoms with Crippen LogP contribution in [0.2, 0.25) is 0 Å². The molecule has 204 valence electrons. The number of aliphatic hydroxyl groups excluding tert-OH is 3. The molecule has 0 amide bonds. The molecule has 0 aromatic carbocycles. The van der Waals surface area contributed by atoms with E-state index in [9.17, 15) is 24.9 Å². The van der Waals surface area contributed by atoms with Crippen molar-refractivity contribution in [3.05, 3.63) is 0 Å². The van der Waals surface area contributed by atoms with E-state index in [2.05, 4.69) is 13.8 Å². The quantitative estimate of drug-likeness (QED) is 0.272. The Labute approximate surface area is 209 Å². The average Bonchev–Trinajstić information content (AvgIpc) is 2.83. The fourth-order valence-electron chi connectivity index (χ4n) is 4.57. The highest BCUT2D eigenvalue weighted by molar-refractivity contribution is 5.73. The standard InChI is InChI=1S/C26H46O9/c1-3-5-7-9-11-13-18-15-21(27)32-17-20-23(29)24(30)25(31)26(35-20)34-19(16-22(28)33-18)14-12-10-8-6-4-2/h18-20,23-26,29-31H,3-17H2,1-2H3/t18-,19-,20-,23-,24+,25-,26-/m1/s1. The van der Waals surface area contributed by atoms with Gasteiger partial charge in [-0.2, -0.15) is 0 Å². The predicted molar refractivity (Wildman–Crippen MR) is 128 cm³/mol. The predicted octanol–water partition coefficient (Wildman–Crippen LogP) is 3.15. The minimum atomic E-state index is -1.53. The Kier molecular flexibility index (Phi) is 14.1. The molecule has 35 heavy (non-hydrogen) atoms. The topological polar surface area (TPSA) is 132 Å². The molecule has 3 N–H and O–H groups in total. The number of ether oxygens (including phenoxy) is 4. The van der Waals surface area contributed by atoms with Gasteiger partial charge in [0.15, 0.2) is 6.29 Å². The molecule has 0 unspecified atom stereocenters. The largest absolute Gasteiger partial charge is 0.463 e. The summed E-state index contributed by atoms with van der Waals surface area (Å²) in [6.45, 7) is 3.98. The second-order valence-electron chi connectivity index (χ2n) is 9.88. The Morgan fingerprint density at radius 3 is 1.89 bits per heavy atom. The monoisotopic (exact) mass is 502 g/mol. The van der Waals surface area contributed by atoms with Gasteiger partial charge in [-0.3, -0.25) is 9.59 Å². The van der Waals surface area contributed by atoms with Gasteiger partial charge >= 0.3 is 11.9 Å². The average molecular weight is 503 g/mol. The van der Waals surface area contributed by atoms with Gasteiger partial charge < -0.3 is 34.3 Å². The molecule has 0 aliphatic carbocycles. The lowest BCUT2D eigenvalue weighted by atomic mass is 9.99. The van der Waals surface area contributed by atoms with E-state index in [-0.39, 0.29) is 19.4 Å². The molecule has 0 aromatic rings. The zero-order chi connectivity index (χ0) is 25.6. The summed E-state index contributed by atoms with van der Waals surface area (Å²) in [4.78, 5) is 25.3. The van der Waals surface area contributed by atoms with Crippen LogP contribution >= 0.6 is 0 Å². The molecule has 2 aliphatic rings. The number of cyclic esters (lactones) is 2. The first-order valence-corrected chi connectivity index (χ1v) is 13.6. The van der Waals surface area contributed by atoms with E-state index in [0.717, 1.165) is 64.2 Å². The van der Waals surface area contributed by atoms with Gasteiger partial charge in [0.2, 0.25) is 0 Å². The minimum Gasteiger partial charge on any atom is -0.463 e. The van der Waals surface area contributed by atoms with Crippen LogP contribution in [-0.2, 0) is 28.5 Å². The Bertz CT molecular complexity index is 614. The second-order valence-corrected chi connectivity index (χ2v) is 9.88. The summed E-state index contributed by atoms with van der Waals surface area (Å²) in [5, 5.41) is 31.0. The maximum absolute atomic E-state index is 12.8. The highest BCUT2D eigenvalue weighted by Crippen LogP contribution is 2.27. The number of carbonyl (C=O) groups excluding carboxylic acids is 2. The van der Waals surface area contributed by atoms with Crippen molar-refractivity contribution in [2.24, 2.45) is 0 Å². The first kappa shape index (κ1) is 30.0. The lowest BCUT2D eigenvalue weighted by Crippen LogP contribution is -2.60. The van der Waals surface area contributed by atoms with Crippen molar-refractivity contribution in [3.8, 4) is 0 Å². The van der Waals surface area contributed by atoms with E-state index in [4.69, 9.17) is 18.9 Å². The van der Waals surface area contributed by atoms with Crippen LogP contribution in [0.1, 0.15) is 104 Å². The molecule has 0 spiro atoms. The Balaban J connectivity index is 2.09. The highest BCUT2D eigenvalue weighted by atomic mass is 16.7. The zero-order valence-corrected chi connectivity index (χ0v) is 21.4. The number of carbonyl (C=O) groups is 2. The van der Waals surface area contributed by atoms with E-state index in [1.54, 1.807) is 0 Å². The molecule has 9 heteroatoms. The molecule has 2 bridgehead atoms. The van der Waals surface area contributed by atoms with Gasteiger partial charge in [0.05, 0.1) is 18.9 Å². The summed E-state index contributed by atoms with van der Waals surface area (Å²) < 4.78 is 22.6. The summed E-state index contributed by atoms with van der Waals surface area (Å²) in [6, 6.07) is 0. The van der Waals surface area contributed by atoms with E-state index in [0.29, 0.717) is 12.8 Å². The van der Waals surface area contributed by atoms with Crippen molar-refractivity contribution in [2.45, 2.75) is 147 Å². The van der Waals surface area contributed by atoms with Crippen LogP contribution in [0.25, 0.3) is 0 Å². The normalized spacial score (nSPS) is 32.7. The van der Waals surface area contributed by atoms with Crippen LogP contribution in [-0.4, -0.2) is 76.8 Å². The summed E-state index contributed by atoms with van der Waals surface area (Å²) in [6.07, 6.45) is 3.39. The first-order chi connectivity index (χ1) is 16.8. The lowest BCUT2D eigenvalue weighted by Gasteiger charge is -2.41. The molecule has 0 radical (unpaired) electrons. The van der Waals surface area contributed by atoms with E-state index < -0.39 is 54.9 Å². The van der Waals surface area contributed by atoms with Gasteiger partial charge in [-0.15, -0.1) is 0 Å². The van der Waals surface area contributed by atoms with E-state index >= 15 is 0 Å². The van der Waals surface area contributed by atoms with Crippen molar-refractivity contribution >= 4 is 11.9 Å². The molecule has 2 saturated heterocycles. The number of esters is 2. The maximum Gasteiger partial charge on any atom is 0.309 e. The van der Waals surface area contributed by atoms with Crippen molar-refractivity contribution in [1.29, 1.82) is 0 Å². The number of fused-ring (bicyclic) bond motifs is 2. The summed E-state index contributed by atoms with van der Waals surface area (Å²) in [7, 11) is 0. The van der Waals surface area contributed by atoms with Crippen LogP contribution in [0.3, 0.4) is 0 Å². The maximum atomic E-state index is 12.8. The molecule has 0 saturated carbocycles. The van der Waals surface area contributed by atoms with Gasteiger partial charge in [-0.25, -0.2) is 0 Å². The summed E-state index contributed by atoms with van der Waals surface area (Å²) >= 11 is 0. The van der Waals surface area contributed by atoms with Crippen molar-refractivity contribution < 1.29 is 43.9 Å². The van der Waals surface area contributed by atoms with Gasteiger partial charge in [-0.05, 0) is 19.3 Å². The number of aliphatic hydroxyl groups is 3. The second kappa shape index (κ2) is 16.5. The Hall–Kier alpha value is -1.26. The van der Waals surface area contributed by atoms with Crippen LogP contribution in [0, 0.1) is 0 Å². The lowest BCUT2D eigenvalue weighted by molar-refractivity contribution is -0.312. The molecule has 0 aromatic heterocycles. The van der Waals surface area contributed by atoms with Crippen molar-refractivity contribution in [1.82, 2.24) is 0 Å². The SMILES string of the molecule is CCCCCCC[C@@H]1CC(=O)OC[C@H]2O[C@@H](O[C@H](CCCCCCC)CC(=O)O1)[C@H](O)[C@@H](O)[C@@H]2O. The van der Waals surface area contributed by atoms with Gasteiger partial charge in [0.1, 0.15) is 37.1 Å². The summed E-state index contributed by atoms with van der Waals surface area (Å²) in [5.74, 6) is -1.05. The number of unbranched alkanes of at least 4 members (excludes halogenated alkanes) is 8. The van der Waals surface area contributed by atoms with Crippen LogP contribution < -0.4 is 0 Å². The van der Waals surface area contributed by atoms with Crippen LogP contribution in [0.15, 0.2) is 0 Å². The van der Waals surface area contributed by atoms with Gasteiger partial charge in [0.25, 0.3) is 0 Å². The fraction of sp³-hybridized carbons (Fsp3) is 0.923. The number of hydrogen-bond donors (Lipinski definition) is 3. The summed E-state index contributed by atoms with van der Waals surface area (Å²) in [5.41, 5.74) is 0. The minimum absolute atomic E-state index is 0.0505. The van der Waals surface area contributed by atoms with E-state index in [1.165, 1.54) is 0 Å². The molecular weight excluding hydrogens is 456 g/mol. The third-order valence-corrected chi connectivity index (χ3v) is 6.75. The van der Waals surface area contributed by atoms with Crippen molar-refractivity contribution in [2.75, 3.05) is 6.61 Å². The highest BCUT2D eigenvalue weighted by Gasteiger charge is 2.46. The van der Waals surface area contributed by atoms with Crippen LogP contribution in [0.4, 0.5) is 0 Å². The molecule has 2 rings (SSSR count). The molecule has 7 atom stereocenters. The molecule has 2 fully saturated rings. The molecule has 9 nitrogen and oxygen atoms in total. The third kappa shape index (κ3) is 10.7. The third-order valence-electron chi connectivity index (χ3n) is 6.75. The van der Waals surface area contributed by atoms with Crippen molar-refractivity contribution in [3.63, 3.8) is 0 Å². The van der Waals surface area contributed by atoms with E-state index in [1.807, 2.05) is 0 Å². The fourth-order valence-corrected chi connectivity index (χ4v) is 4.57.